The van der Waals surface area contributed by atoms with Gasteiger partial charge in [0.1, 0.15) is 11.0 Å². The predicted molar refractivity (Wildman–Crippen MR) is 132 cm³/mol. The van der Waals surface area contributed by atoms with Crippen LogP contribution in [0, 0.1) is 0 Å². The van der Waals surface area contributed by atoms with E-state index in [9.17, 15) is 0 Å². The molecule has 1 aromatic heterocycles. The predicted octanol–water partition coefficient (Wildman–Crippen LogP) is 4.50. The van der Waals surface area contributed by atoms with Gasteiger partial charge in [0.25, 0.3) is 0 Å². The minimum Gasteiger partial charge on any atom is -0.368 e. The van der Waals surface area contributed by atoms with Gasteiger partial charge in [-0.2, -0.15) is 4.98 Å². The van der Waals surface area contributed by atoms with Crippen molar-refractivity contribution in [2.45, 2.75) is 13.0 Å². The Kier molecular flexibility index (Phi) is 6.84. The molecule has 1 fully saturated rings. The number of halogens is 1. The quantitative estimate of drug-likeness (QED) is 0.436. The van der Waals surface area contributed by atoms with Gasteiger partial charge in [0.05, 0.1) is 6.04 Å². The number of rotatable bonds is 5. The van der Waals surface area contributed by atoms with Crippen molar-refractivity contribution in [2.24, 2.45) is 0 Å². The highest BCUT2D eigenvalue weighted by atomic mass is 35.5. The maximum atomic E-state index is 6.29. The van der Waals surface area contributed by atoms with E-state index in [2.05, 4.69) is 73.7 Å². The summed E-state index contributed by atoms with van der Waals surface area (Å²) in [6.45, 7) is 5.61. The molecule has 2 aromatic carbocycles. The number of piperazine rings is 1. The SMILES string of the molecule is CC(NC(=S)Nc1nc(Cl)cc(N2CCN(c3ccccc3)CC2)n1)c1ccccc1. The van der Waals surface area contributed by atoms with Crippen LogP contribution in [-0.4, -0.2) is 41.3 Å². The van der Waals surface area contributed by atoms with Crippen molar-refractivity contribution in [3.63, 3.8) is 0 Å². The monoisotopic (exact) mass is 452 g/mol. The Hall–Kier alpha value is -2.90. The van der Waals surface area contributed by atoms with Crippen LogP contribution in [0.5, 0.6) is 0 Å². The summed E-state index contributed by atoms with van der Waals surface area (Å²) in [6.07, 6.45) is 0. The van der Waals surface area contributed by atoms with Crippen LogP contribution in [0.25, 0.3) is 0 Å². The second-order valence-electron chi connectivity index (χ2n) is 7.41. The molecule has 2 N–H and O–H groups in total. The second-order valence-corrected chi connectivity index (χ2v) is 8.21. The lowest BCUT2D eigenvalue weighted by Crippen LogP contribution is -2.47. The number of aromatic nitrogens is 2. The molecular formula is C23H25ClN6S. The molecule has 0 saturated carbocycles. The van der Waals surface area contributed by atoms with Crippen molar-refractivity contribution in [1.29, 1.82) is 0 Å². The van der Waals surface area contributed by atoms with Crippen LogP contribution >= 0.6 is 23.8 Å². The summed E-state index contributed by atoms with van der Waals surface area (Å²) in [5.41, 5.74) is 2.39. The molecule has 0 aliphatic carbocycles. The van der Waals surface area contributed by atoms with Crippen LogP contribution in [0.1, 0.15) is 18.5 Å². The van der Waals surface area contributed by atoms with Crippen molar-refractivity contribution < 1.29 is 0 Å². The van der Waals surface area contributed by atoms with Crippen LogP contribution in [-0.2, 0) is 0 Å². The minimum absolute atomic E-state index is 0.0610. The molecular weight excluding hydrogens is 428 g/mol. The first kappa shape index (κ1) is 21.3. The average Bonchev–Trinajstić information content (AvgIpc) is 2.80. The Balaban J connectivity index is 1.38. The second kappa shape index (κ2) is 9.94. The summed E-state index contributed by atoms with van der Waals surface area (Å²) >= 11 is 11.7. The van der Waals surface area contributed by atoms with Crippen molar-refractivity contribution >= 4 is 46.4 Å². The van der Waals surface area contributed by atoms with E-state index < -0.39 is 0 Å². The Labute approximate surface area is 193 Å². The highest BCUT2D eigenvalue weighted by Crippen LogP contribution is 2.22. The lowest BCUT2D eigenvalue weighted by atomic mass is 10.1. The van der Waals surface area contributed by atoms with Gasteiger partial charge in [0.2, 0.25) is 5.95 Å². The number of nitrogens with zero attached hydrogens (tertiary/aromatic N) is 4. The van der Waals surface area contributed by atoms with Gasteiger partial charge in [0, 0.05) is 37.9 Å². The summed E-state index contributed by atoms with van der Waals surface area (Å²) in [5, 5.41) is 7.18. The fourth-order valence-corrected chi connectivity index (χ4v) is 4.06. The molecule has 31 heavy (non-hydrogen) atoms. The largest absolute Gasteiger partial charge is 0.368 e. The fourth-order valence-electron chi connectivity index (χ4n) is 3.62. The van der Waals surface area contributed by atoms with Crippen LogP contribution in [0.4, 0.5) is 17.5 Å². The van der Waals surface area contributed by atoms with E-state index in [1.54, 1.807) is 6.07 Å². The third-order valence-electron chi connectivity index (χ3n) is 5.28. The molecule has 1 aliphatic heterocycles. The molecule has 8 heteroatoms. The normalized spacial score (nSPS) is 14.8. The first-order chi connectivity index (χ1) is 15.1. The summed E-state index contributed by atoms with van der Waals surface area (Å²) in [5.74, 6) is 1.19. The topological polar surface area (TPSA) is 56.3 Å². The van der Waals surface area contributed by atoms with E-state index in [1.807, 2.05) is 24.3 Å². The van der Waals surface area contributed by atoms with Gasteiger partial charge in [0.15, 0.2) is 5.11 Å². The molecule has 2 heterocycles. The Morgan fingerprint density at radius 1 is 0.935 bits per heavy atom. The van der Waals surface area contributed by atoms with Crippen molar-refractivity contribution in [3.8, 4) is 0 Å². The molecule has 1 saturated heterocycles. The van der Waals surface area contributed by atoms with E-state index in [0.717, 1.165) is 37.6 Å². The smallest absolute Gasteiger partial charge is 0.232 e. The zero-order valence-corrected chi connectivity index (χ0v) is 18.9. The molecule has 3 aromatic rings. The van der Waals surface area contributed by atoms with E-state index in [0.29, 0.717) is 16.2 Å². The molecule has 1 unspecified atom stereocenters. The number of benzene rings is 2. The highest BCUT2D eigenvalue weighted by molar-refractivity contribution is 7.80. The fraction of sp³-hybridized carbons (Fsp3) is 0.261. The van der Waals surface area contributed by atoms with E-state index in [-0.39, 0.29) is 6.04 Å². The molecule has 160 valence electrons. The van der Waals surface area contributed by atoms with Crippen LogP contribution < -0.4 is 20.4 Å². The average molecular weight is 453 g/mol. The van der Waals surface area contributed by atoms with Crippen molar-refractivity contribution in [3.05, 3.63) is 77.4 Å². The van der Waals surface area contributed by atoms with Gasteiger partial charge >= 0.3 is 0 Å². The zero-order valence-electron chi connectivity index (χ0n) is 17.3. The zero-order chi connectivity index (χ0) is 21.6. The van der Waals surface area contributed by atoms with E-state index >= 15 is 0 Å². The lowest BCUT2D eigenvalue weighted by Gasteiger charge is -2.36. The third-order valence-corrected chi connectivity index (χ3v) is 5.69. The van der Waals surface area contributed by atoms with Gasteiger partial charge < -0.3 is 20.4 Å². The number of hydrogen-bond donors (Lipinski definition) is 2. The first-order valence-electron chi connectivity index (χ1n) is 10.3. The Morgan fingerprint density at radius 3 is 2.23 bits per heavy atom. The molecule has 0 amide bonds. The number of anilines is 3. The molecule has 0 radical (unpaired) electrons. The summed E-state index contributed by atoms with van der Waals surface area (Å²) in [7, 11) is 0. The first-order valence-corrected chi connectivity index (χ1v) is 11.1. The summed E-state index contributed by atoms with van der Waals surface area (Å²) in [4.78, 5) is 13.5. The maximum Gasteiger partial charge on any atom is 0.232 e. The molecule has 4 rings (SSSR count). The van der Waals surface area contributed by atoms with E-state index in [1.165, 1.54) is 5.69 Å². The van der Waals surface area contributed by atoms with Gasteiger partial charge in [-0.15, -0.1) is 0 Å². The van der Waals surface area contributed by atoms with E-state index in [4.69, 9.17) is 23.8 Å². The van der Waals surface area contributed by atoms with Gasteiger partial charge in [-0.05, 0) is 36.8 Å². The standard InChI is InChI=1S/C23H25ClN6S/c1-17(18-8-4-2-5-9-18)25-23(31)28-22-26-20(24)16-21(27-22)30-14-12-29(13-15-30)19-10-6-3-7-11-19/h2-11,16-17H,12-15H2,1H3,(H2,25,26,27,28,31). The van der Waals surface area contributed by atoms with Crippen LogP contribution in [0.3, 0.4) is 0 Å². The molecule has 0 bridgehead atoms. The van der Waals surface area contributed by atoms with Crippen LogP contribution in [0.2, 0.25) is 5.15 Å². The number of thiocarbonyl (C=S) groups is 1. The Morgan fingerprint density at radius 2 is 1.55 bits per heavy atom. The third kappa shape index (κ3) is 5.62. The maximum absolute atomic E-state index is 6.29. The molecule has 1 atom stereocenters. The van der Waals surface area contributed by atoms with Gasteiger partial charge in [-0.25, -0.2) is 4.98 Å². The lowest BCUT2D eigenvalue weighted by molar-refractivity contribution is 0.647. The summed E-state index contributed by atoms with van der Waals surface area (Å²) in [6, 6.07) is 22.4. The van der Waals surface area contributed by atoms with Crippen molar-refractivity contribution in [1.82, 2.24) is 15.3 Å². The summed E-state index contributed by atoms with van der Waals surface area (Å²) < 4.78 is 0. The highest BCUT2D eigenvalue weighted by Gasteiger charge is 2.20. The number of nitrogens with one attached hydrogen (secondary N) is 2. The minimum atomic E-state index is 0.0610. The Bertz CT molecular complexity index is 1010. The van der Waals surface area contributed by atoms with Crippen molar-refractivity contribution in [2.75, 3.05) is 41.3 Å². The van der Waals surface area contributed by atoms with Gasteiger partial charge in [-0.3, -0.25) is 0 Å². The van der Waals surface area contributed by atoms with Gasteiger partial charge in [-0.1, -0.05) is 60.1 Å². The molecule has 0 spiro atoms. The number of hydrogen-bond acceptors (Lipinski definition) is 5. The molecule has 6 nitrogen and oxygen atoms in total. The molecule has 1 aliphatic rings. The van der Waals surface area contributed by atoms with Crippen LogP contribution in [0.15, 0.2) is 66.7 Å². The number of para-hydroxylation sites is 1.